The summed E-state index contributed by atoms with van der Waals surface area (Å²) in [7, 11) is 0. The first-order valence-electron chi connectivity index (χ1n) is 9.85. The molecule has 140 valence electrons. The standard InChI is InChI=1S/C20H29N5O/c1-14-11-15(2)13-20(12-14,24-9-7-16(8-10-24)19(21)26)25-18-6-4-3-5-17(18)22-23-25/h3-6,14-16H,7-13H2,1-2H3,(H2,21,26). The molecule has 1 amide bonds. The van der Waals surface area contributed by atoms with Crippen molar-refractivity contribution in [2.75, 3.05) is 13.1 Å². The Hall–Kier alpha value is -1.95. The predicted octanol–water partition coefficient (Wildman–Crippen LogP) is 2.74. The van der Waals surface area contributed by atoms with E-state index < -0.39 is 0 Å². The number of primary amides is 1. The number of piperidine rings is 1. The zero-order valence-corrected chi connectivity index (χ0v) is 15.8. The predicted molar refractivity (Wildman–Crippen MR) is 101 cm³/mol. The number of benzene rings is 1. The lowest BCUT2D eigenvalue weighted by atomic mass is 9.74. The van der Waals surface area contributed by atoms with Crippen LogP contribution in [0, 0.1) is 17.8 Å². The second-order valence-corrected chi connectivity index (χ2v) is 8.49. The number of rotatable bonds is 3. The quantitative estimate of drug-likeness (QED) is 0.918. The lowest BCUT2D eigenvalue weighted by Crippen LogP contribution is -2.57. The highest BCUT2D eigenvalue weighted by Crippen LogP contribution is 2.45. The fourth-order valence-corrected chi connectivity index (χ4v) is 5.37. The third kappa shape index (κ3) is 2.90. The minimum atomic E-state index is -0.157. The highest BCUT2D eigenvalue weighted by Gasteiger charge is 2.47. The van der Waals surface area contributed by atoms with Crippen molar-refractivity contribution in [1.82, 2.24) is 19.9 Å². The number of amides is 1. The fourth-order valence-electron chi connectivity index (χ4n) is 5.37. The van der Waals surface area contributed by atoms with Gasteiger partial charge in [-0.25, -0.2) is 4.68 Å². The number of likely N-dealkylation sites (tertiary alicyclic amines) is 1. The average molecular weight is 355 g/mol. The molecule has 2 atom stereocenters. The number of carbonyl (C=O) groups excluding carboxylic acids is 1. The molecular formula is C20H29N5O. The summed E-state index contributed by atoms with van der Waals surface area (Å²) in [6.45, 7) is 6.47. The largest absolute Gasteiger partial charge is 0.369 e. The molecule has 1 aromatic heterocycles. The van der Waals surface area contributed by atoms with Crippen molar-refractivity contribution in [3.63, 3.8) is 0 Å². The van der Waals surface area contributed by atoms with Gasteiger partial charge < -0.3 is 5.73 Å². The van der Waals surface area contributed by atoms with Gasteiger partial charge in [0.1, 0.15) is 11.2 Å². The maximum absolute atomic E-state index is 11.6. The van der Waals surface area contributed by atoms with E-state index in [1.807, 2.05) is 12.1 Å². The Kier molecular flexibility index (Phi) is 4.47. The van der Waals surface area contributed by atoms with Crippen molar-refractivity contribution in [2.24, 2.45) is 23.5 Å². The first kappa shape index (κ1) is 17.5. The van der Waals surface area contributed by atoms with Crippen LogP contribution in [0.3, 0.4) is 0 Å². The number of carbonyl (C=O) groups is 1. The maximum Gasteiger partial charge on any atom is 0.220 e. The summed E-state index contributed by atoms with van der Waals surface area (Å²) < 4.78 is 2.18. The minimum absolute atomic E-state index is 0.00854. The van der Waals surface area contributed by atoms with Gasteiger partial charge in [-0.05, 0) is 56.1 Å². The number of nitrogens with two attached hydrogens (primary N) is 1. The molecule has 0 bridgehead atoms. The Morgan fingerprint density at radius 1 is 1.15 bits per heavy atom. The van der Waals surface area contributed by atoms with Crippen molar-refractivity contribution in [2.45, 2.75) is 51.6 Å². The Bertz CT molecular complexity index is 782. The first-order chi connectivity index (χ1) is 12.5. The normalized spacial score (nSPS) is 31.3. The summed E-state index contributed by atoms with van der Waals surface area (Å²) in [5.41, 5.74) is 7.45. The van der Waals surface area contributed by atoms with Gasteiger partial charge in [0.15, 0.2) is 0 Å². The summed E-state index contributed by atoms with van der Waals surface area (Å²) in [4.78, 5) is 14.2. The van der Waals surface area contributed by atoms with Crippen molar-refractivity contribution < 1.29 is 4.79 Å². The van der Waals surface area contributed by atoms with E-state index in [4.69, 9.17) is 5.73 Å². The molecule has 4 rings (SSSR count). The van der Waals surface area contributed by atoms with Crippen LogP contribution < -0.4 is 5.73 Å². The fraction of sp³-hybridized carbons (Fsp3) is 0.650. The van der Waals surface area contributed by atoms with Crippen LogP contribution in [-0.2, 0) is 10.5 Å². The smallest absolute Gasteiger partial charge is 0.220 e. The van der Waals surface area contributed by atoms with Crippen LogP contribution in [0.5, 0.6) is 0 Å². The van der Waals surface area contributed by atoms with E-state index in [0.29, 0.717) is 11.8 Å². The summed E-state index contributed by atoms with van der Waals surface area (Å²) in [6.07, 6.45) is 5.09. The third-order valence-electron chi connectivity index (χ3n) is 6.39. The van der Waals surface area contributed by atoms with Gasteiger partial charge >= 0.3 is 0 Å². The lowest BCUT2D eigenvalue weighted by Gasteiger charge is -2.51. The van der Waals surface area contributed by atoms with Crippen molar-refractivity contribution >= 4 is 16.9 Å². The SMILES string of the molecule is CC1CC(C)CC(N2CCC(C(N)=O)CC2)(n2nnc3ccccc32)C1. The second kappa shape index (κ2) is 6.65. The second-order valence-electron chi connectivity index (χ2n) is 8.49. The van der Waals surface area contributed by atoms with Gasteiger partial charge in [0.25, 0.3) is 0 Å². The summed E-state index contributed by atoms with van der Waals surface area (Å²) in [5, 5.41) is 9.06. The zero-order valence-electron chi connectivity index (χ0n) is 15.8. The van der Waals surface area contributed by atoms with Gasteiger partial charge in [-0.15, -0.1) is 5.10 Å². The molecule has 1 aromatic carbocycles. The van der Waals surface area contributed by atoms with Gasteiger partial charge in [-0.1, -0.05) is 31.2 Å². The molecule has 1 saturated carbocycles. The van der Waals surface area contributed by atoms with Gasteiger partial charge in [-0.3, -0.25) is 9.69 Å². The monoisotopic (exact) mass is 355 g/mol. The van der Waals surface area contributed by atoms with E-state index in [9.17, 15) is 4.79 Å². The maximum atomic E-state index is 11.6. The number of para-hydroxylation sites is 1. The van der Waals surface area contributed by atoms with Crippen LogP contribution in [0.25, 0.3) is 11.0 Å². The van der Waals surface area contributed by atoms with Crippen LogP contribution in [0.1, 0.15) is 46.0 Å². The van der Waals surface area contributed by atoms with Crippen LogP contribution in [0.4, 0.5) is 0 Å². The summed E-state index contributed by atoms with van der Waals surface area (Å²) >= 11 is 0. The van der Waals surface area contributed by atoms with E-state index in [1.54, 1.807) is 0 Å². The molecule has 1 aliphatic heterocycles. The Morgan fingerprint density at radius 2 is 1.81 bits per heavy atom. The van der Waals surface area contributed by atoms with Crippen LogP contribution in [0.2, 0.25) is 0 Å². The number of hydrogen-bond acceptors (Lipinski definition) is 4. The molecule has 6 heteroatoms. The van der Waals surface area contributed by atoms with Gasteiger partial charge in [0.05, 0.1) is 5.52 Å². The van der Waals surface area contributed by atoms with Gasteiger partial charge in [0.2, 0.25) is 5.91 Å². The zero-order chi connectivity index (χ0) is 18.3. The molecule has 1 saturated heterocycles. The van der Waals surface area contributed by atoms with Crippen LogP contribution in [0.15, 0.2) is 24.3 Å². The molecule has 26 heavy (non-hydrogen) atoms. The molecule has 2 fully saturated rings. The van der Waals surface area contributed by atoms with E-state index in [-0.39, 0.29) is 17.5 Å². The molecular weight excluding hydrogens is 326 g/mol. The molecule has 0 radical (unpaired) electrons. The molecule has 0 spiro atoms. The van der Waals surface area contributed by atoms with Crippen LogP contribution >= 0.6 is 0 Å². The molecule has 2 aliphatic rings. The van der Waals surface area contributed by atoms with E-state index >= 15 is 0 Å². The third-order valence-corrected chi connectivity index (χ3v) is 6.39. The Labute approximate surface area is 154 Å². The van der Waals surface area contributed by atoms with E-state index in [1.165, 1.54) is 6.42 Å². The highest BCUT2D eigenvalue weighted by atomic mass is 16.1. The van der Waals surface area contributed by atoms with E-state index in [0.717, 1.165) is 49.8 Å². The van der Waals surface area contributed by atoms with Crippen molar-refractivity contribution in [3.8, 4) is 0 Å². The van der Waals surface area contributed by atoms with Gasteiger partial charge in [-0.2, -0.15) is 0 Å². The summed E-state index contributed by atoms with van der Waals surface area (Å²) in [6, 6.07) is 8.22. The number of nitrogens with zero attached hydrogens (tertiary/aromatic N) is 4. The van der Waals surface area contributed by atoms with Crippen molar-refractivity contribution in [3.05, 3.63) is 24.3 Å². The number of hydrogen-bond donors (Lipinski definition) is 1. The molecule has 1 aliphatic carbocycles. The Morgan fingerprint density at radius 3 is 2.46 bits per heavy atom. The molecule has 2 heterocycles. The molecule has 2 aromatic rings. The molecule has 6 nitrogen and oxygen atoms in total. The number of fused-ring (bicyclic) bond motifs is 1. The Balaban J connectivity index is 1.75. The first-order valence-corrected chi connectivity index (χ1v) is 9.85. The van der Waals surface area contributed by atoms with Gasteiger partial charge in [0, 0.05) is 19.0 Å². The van der Waals surface area contributed by atoms with Crippen molar-refractivity contribution in [1.29, 1.82) is 0 Å². The topological polar surface area (TPSA) is 77.0 Å². The van der Waals surface area contributed by atoms with Crippen LogP contribution in [-0.4, -0.2) is 38.9 Å². The molecule has 2 N–H and O–H groups in total. The lowest BCUT2D eigenvalue weighted by molar-refractivity contribution is -0.126. The number of aromatic nitrogens is 3. The molecule has 2 unspecified atom stereocenters. The highest BCUT2D eigenvalue weighted by molar-refractivity contribution is 5.76. The van der Waals surface area contributed by atoms with E-state index in [2.05, 4.69) is 45.9 Å². The minimum Gasteiger partial charge on any atom is -0.369 e. The summed E-state index contributed by atoms with van der Waals surface area (Å²) in [5.74, 6) is 1.12. The average Bonchev–Trinajstić information content (AvgIpc) is 3.05.